The first-order valence-corrected chi connectivity index (χ1v) is 6.47. The number of carbonyl (C=O) groups is 2. The lowest BCUT2D eigenvalue weighted by Gasteiger charge is -2.16. The zero-order valence-electron chi connectivity index (χ0n) is 11.2. The summed E-state index contributed by atoms with van der Waals surface area (Å²) >= 11 is 0. The van der Waals surface area contributed by atoms with Crippen molar-refractivity contribution in [3.63, 3.8) is 0 Å². The first-order valence-electron chi connectivity index (χ1n) is 6.47. The van der Waals surface area contributed by atoms with E-state index in [-0.39, 0.29) is 17.1 Å². The maximum atomic E-state index is 12.5. The molecule has 102 valence electrons. The van der Waals surface area contributed by atoms with Crippen LogP contribution in [0.5, 0.6) is 0 Å². The lowest BCUT2D eigenvalue weighted by atomic mass is 10.0. The fourth-order valence-corrected chi connectivity index (χ4v) is 2.29. The fourth-order valence-electron chi connectivity index (χ4n) is 2.29. The summed E-state index contributed by atoms with van der Waals surface area (Å²) < 4.78 is 0. The number of carbonyl (C=O) groups excluding carboxylic acids is 2. The first-order chi connectivity index (χ1) is 9.61. The van der Waals surface area contributed by atoms with Gasteiger partial charge >= 0.3 is 0 Å². The fraction of sp³-hybridized carbons (Fsp3) is 0.267. The summed E-state index contributed by atoms with van der Waals surface area (Å²) in [4.78, 5) is 25.5. The molecule has 2 rings (SSSR count). The quantitative estimate of drug-likeness (QED) is 0.665. The zero-order chi connectivity index (χ0) is 14.7. The van der Waals surface area contributed by atoms with Gasteiger partial charge in [-0.1, -0.05) is 31.5 Å². The van der Waals surface area contributed by atoms with Crippen molar-refractivity contribution in [2.45, 2.75) is 19.8 Å². The predicted octanol–water partition coefficient (Wildman–Crippen LogP) is 1.60. The van der Waals surface area contributed by atoms with Gasteiger partial charge in [-0.3, -0.25) is 9.59 Å². The van der Waals surface area contributed by atoms with Gasteiger partial charge in [0.05, 0.1) is 11.3 Å². The topological polar surface area (TPSA) is 87.2 Å². The Balaban J connectivity index is 2.60. The van der Waals surface area contributed by atoms with Gasteiger partial charge in [0.15, 0.2) is 0 Å². The summed E-state index contributed by atoms with van der Waals surface area (Å²) in [7, 11) is 0. The zero-order valence-corrected chi connectivity index (χ0v) is 11.2. The third-order valence-electron chi connectivity index (χ3n) is 3.27. The number of hydrogen-bond acceptors (Lipinski definition) is 3. The van der Waals surface area contributed by atoms with Crippen LogP contribution in [0.2, 0.25) is 0 Å². The van der Waals surface area contributed by atoms with E-state index in [9.17, 15) is 9.59 Å². The number of nitrogens with two attached hydrogens (primary N) is 1. The summed E-state index contributed by atoms with van der Waals surface area (Å²) in [6, 6.07) is 8.88. The van der Waals surface area contributed by atoms with Crippen LogP contribution in [-0.4, -0.2) is 18.4 Å². The van der Waals surface area contributed by atoms with E-state index in [1.54, 1.807) is 23.1 Å². The van der Waals surface area contributed by atoms with Crippen LogP contribution in [0.3, 0.4) is 0 Å². The van der Waals surface area contributed by atoms with Crippen molar-refractivity contribution in [1.29, 1.82) is 5.26 Å². The van der Waals surface area contributed by atoms with Gasteiger partial charge in [0, 0.05) is 12.1 Å². The van der Waals surface area contributed by atoms with Crippen molar-refractivity contribution in [2.24, 2.45) is 5.73 Å². The molecule has 1 aromatic rings. The summed E-state index contributed by atoms with van der Waals surface area (Å²) in [5.41, 5.74) is 6.38. The Labute approximate surface area is 117 Å². The number of hydrogen-bond donors (Lipinski definition) is 1. The summed E-state index contributed by atoms with van der Waals surface area (Å²) in [6.07, 6.45) is 1.80. The molecule has 20 heavy (non-hydrogen) atoms. The van der Waals surface area contributed by atoms with Crippen LogP contribution in [0, 0.1) is 11.3 Å². The summed E-state index contributed by atoms with van der Waals surface area (Å²) in [5.74, 6) is -1.20. The molecule has 0 aliphatic carbocycles. The number of benzene rings is 1. The number of unbranched alkanes of at least 4 members (excludes halogenated alkanes) is 1. The number of primary amides is 1. The van der Waals surface area contributed by atoms with Gasteiger partial charge in [-0.05, 0) is 12.5 Å². The van der Waals surface area contributed by atoms with E-state index in [2.05, 4.69) is 0 Å². The Morgan fingerprint density at radius 1 is 1.40 bits per heavy atom. The SMILES string of the molecule is CCCCN1C(=O)/C(=C(\C#N)C(N)=O)c2ccccc21. The van der Waals surface area contributed by atoms with E-state index in [0.29, 0.717) is 12.1 Å². The predicted molar refractivity (Wildman–Crippen MR) is 75.4 cm³/mol. The number of nitrogens with zero attached hydrogens (tertiary/aromatic N) is 2. The normalized spacial score (nSPS) is 15.8. The van der Waals surface area contributed by atoms with E-state index >= 15 is 0 Å². The van der Waals surface area contributed by atoms with Gasteiger partial charge in [-0.15, -0.1) is 0 Å². The van der Waals surface area contributed by atoms with Crippen LogP contribution >= 0.6 is 0 Å². The molecule has 0 spiro atoms. The van der Waals surface area contributed by atoms with Crippen LogP contribution < -0.4 is 10.6 Å². The maximum Gasteiger partial charge on any atom is 0.260 e. The minimum atomic E-state index is -0.872. The average molecular weight is 269 g/mol. The average Bonchev–Trinajstić information content (AvgIpc) is 2.71. The number of fused-ring (bicyclic) bond motifs is 1. The van der Waals surface area contributed by atoms with Crippen molar-refractivity contribution < 1.29 is 9.59 Å². The van der Waals surface area contributed by atoms with Crippen LogP contribution in [-0.2, 0) is 9.59 Å². The van der Waals surface area contributed by atoms with Gasteiger partial charge in [-0.25, -0.2) is 0 Å². The van der Waals surface area contributed by atoms with Gasteiger partial charge < -0.3 is 10.6 Å². The Morgan fingerprint density at radius 3 is 2.70 bits per heavy atom. The van der Waals surface area contributed by atoms with Crippen molar-refractivity contribution in [3.8, 4) is 6.07 Å². The Kier molecular flexibility index (Phi) is 3.85. The number of para-hydroxylation sites is 1. The van der Waals surface area contributed by atoms with Crippen molar-refractivity contribution >= 4 is 23.1 Å². The van der Waals surface area contributed by atoms with Crippen LogP contribution in [0.1, 0.15) is 25.3 Å². The number of anilines is 1. The highest BCUT2D eigenvalue weighted by Gasteiger charge is 2.35. The van der Waals surface area contributed by atoms with Gasteiger partial charge in [0.2, 0.25) is 0 Å². The molecule has 1 aromatic carbocycles. The second-order valence-corrected chi connectivity index (χ2v) is 4.55. The molecule has 0 atom stereocenters. The molecular weight excluding hydrogens is 254 g/mol. The highest BCUT2D eigenvalue weighted by atomic mass is 16.2. The molecule has 2 amide bonds. The van der Waals surface area contributed by atoms with E-state index in [1.165, 1.54) is 0 Å². The molecular formula is C15H15N3O2. The number of amides is 2. The molecule has 0 fully saturated rings. The van der Waals surface area contributed by atoms with Crippen molar-refractivity contribution in [2.75, 3.05) is 11.4 Å². The van der Waals surface area contributed by atoms with E-state index in [4.69, 9.17) is 11.0 Å². The molecule has 1 aliphatic rings. The van der Waals surface area contributed by atoms with E-state index < -0.39 is 5.91 Å². The second-order valence-electron chi connectivity index (χ2n) is 4.55. The minimum Gasteiger partial charge on any atom is -0.365 e. The second kappa shape index (κ2) is 5.57. The molecule has 1 aliphatic heterocycles. The summed E-state index contributed by atoms with van der Waals surface area (Å²) in [5, 5.41) is 9.08. The third-order valence-corrected chi connectivity index (χ3v) is 3.27. The van der Waals surface area contributed by atoms with E-state index in [0.717, 1.165) is 18.5 Å². The molecule has 0 radical (unpaired) electrons. The van der Waals surface area contributed by atoms with Gasteiger partial charge in [0.25, 0.3) is 11.8 Å². The molecule has 5 heteroatoms. The Hall–Kier alpha value is -2.61. The smallest absolute Gasteiger partial charge is 0.260 e. The molecule has 0 unspecified atom stereocenters. The molecule has 0 saturated heterocycles. The van der Waals surface area contributed by atoms with Crippen LogP contribution in [0.25, 0.3) is 5.57 Å². The first kappa shape index (κ1) is 13.8. The Bertz CT molecular complexity index is 641. The molecule has 0 saturated carbocycles. The Morgan fingerprint density at radius 2 is 2.10 bits per heavy atom. The molecule has 0 bridgehead atoms. The maximum absolute atomic E-state index is 12.5. The van der Waals surface area contributed by atoms with Gasteiger partial charge in [0.1, 0.15) is 11.6 Å². The van der Waals surface area contributed by atoms with E-state index in [1.807, 2.05) is 19.1 Å². The van der Waals surface area contributed by atoms with Crippen molar-refractivity contribution in [3.05, 3.63) is 35.4 Å². The third kappa shape index (κ3) is 2.16. The minimum absolute atomic E-state index is 0.117. The molecule has 2 N–H and O–H groups in total. The van der Waals surface area contributed by atoms with Crippen LogP contribution in [0.15, 0.2) is 29.8 Å². The lowest BCUT2D eigenvalue weighted by Crippen LogP contribution is -2.28. The molecule has 1 heterocycles. The van der Waals surface area contributed by atoms with Crippen molar-refractivity contribution in [1.82, 2.24) is 0 Å². The van der Waals surface area contributed by atoms with Crippen LogP contribution in [0.4, 0.5) is 5.69 Å². The molecule has 5 nitrogen and oxygen atoms in total. The monoisotopic (exact) mass is 269 g/mol. The number of rotatable bonds is 4. The lowest BCUT2D eigenvalue weighted by molar-refractivity contribution is -0.115. The highest BCUT2D eigenvalue weighted by molar-refractivity contribution is 6.36. The number of nitriles is 1. The largest absolute Gasteiger partial charge is 0.365 e. The summed E-state index contributed by atoms with van der Waals surface area (Å²) in [6.45, 7) is 2.60. The standard InChI is InChI=1S/C15H15N3O2/c1-2-3-8-18-12-7-5-4-6-10(12)13(15(18)20)11(9-16)14(17)19/h4-7H,2-3,8H2,1H3,(H2,17,19)/b13-11+. The highest BCUT2D eigenvalue weighted by Crippen LogP contribution is 2.38. The van der Waals surface area contributed by atoms with Gasteiger partial charge in [-0.2, -0.15) is 5.26 Å². The molecule has 0 aromatic heterocycles.